The minimum Gasteiger partial charge on any atom is -0.450 e. The van der Waals surface area contributed by atoms with Gasteiger partial charge < -0.3 is 4.74 Å². The van der Waals surface area contributed by atoms with Crippen LogP contribution in [-0.2, 0) is 22.4 Å². The van der Waals surface area contributed by atoms with Gasteiger partial charge in [-0.05, 0) is 55.2 Å². The van der Waals surface area contributed by atoms with E-state index in [0.717, 1.165) is 35.3 Å². The molecule has 2 amide bonds. The van der Waals surface area contributed by atoms with E-state index in [2.05, 4.69) is 11.9 Å². The van der Waals surface area contributed by atoms with Crippen molar-refractivity contribution in [1.82, 2.24) is 0 Å². The monoisotopic (exact) mass is 336 g/mol. The molecule has 128 valence electrons. The van der Waals surface area contributed by atoms with Gasteiger partial charge in [0, 0.05) is 5.69 Å². The lowest BCUT2D eigenvalue weighted by atomic mass is 10.0. The van der Waals surface area contributed by atoms with E-state index in [4.69, 9.17) is 4.74 Å². The maximum Gasteiger partial charge on any atom is 0.411 e. The molecule has 3 rings (SSSR count). The third-order valence-electron chi connectivity index (χ3n) is 4.14. The summed E-state index contributed by atoms with van der Waals surface area (Å²) < 4.78 is 4.92. The zero-order valence-electron chi connectivity index (χ0n) is 14.1. The van der Waals surface area contributed by atoms with E-state index in [1.54, 1.807) is 17.9 Å². The highest BCUT2D eigenvalue weighted by atomic mass is 16.5. The molecule has 0 spiro atoms. The third kappa shape index (κ3) is 3.40. The number of para-hydroxylation sites is 1. The molecule has 5 heteroatoms. The smallest absolute Gasteiger partial charge is 0.411 e. The fraction of sp³-hybridized carbons (Fsp3) is 0.200. The first-order chi connectivity index (χ1) is 12.1. The summed E-state index contributed by atoms with van der Waals surface area (Å²) in [5.74, 6) is -0.205. The van der Waals surface area contributed by atoms with Gasteiger partial charge in [-0.3, -0.25) is 15.0 Å². The van der Waals surface area contributed by atoms with Crippen molar-refractivity contribution in [3.8, 4) is 0 Å². The molecule has 0 saturated heterocycles. The molecular formula is C20H20N2O3. The summed E-state index contributed by atoms with van der Waals surface area (Å²) in [6, 6.07) is 13.4. The Morgan fingerprint density at radius 1 is 1.16 bits per heavy atom. The van der Waals surface area contributed by atoms with Crippen molar-refractivity contribution < 1.29 is 14.3 Å². The highest BCUT2D eigenvalue weighted by Gasteiger charge is 2.24. The summed E-state index contributed by atoms with van der Waals surface area (Å²) in [5, 5.41) is 2.69. The van der Waals surface area contributed by atoms with Crippen LogP contribution in [0, 0.1) is 0 Å². The van der Waals surface area contributed by atoms with Crippen LogP contribution >= 0.6 is 0 Å². The maximum absolute atomic E-state index is 12.6. The van der Waals surface area contributed by atoms with Crippen molar-refractivity contribution in [2.45, 2.75) is 19.8 Å². The number of rotatable bonds is 3. The highest BCUT2D eigenvalue weighted by molar-refractivity contribution is 6.08. The van der Waals surface area contributed by atoms with Crippen molar-refractivity contribution in [2.75, 3.05) is 16.8 Å². The van der Waals surface area contributed by atoms with E-state index in [-0.39, 0.29) is 5.91 Å². The van der Waals surface area contributed by atoms with Crippen LogP contribution in [0.15, 0.2) is 55.1 Å². The normalized spacial score (nSPS) is 12.4. The average molecular weight is 336 g/mol. The lowest BCUT2D eigenvalue weighted by Gasteiger charge is -2.24. The van der Waals surface area contributed by atoms with Gasteiger partial charge in [0.2, 0.25) is 0 Å². The van der Waals surface area contributed by atoms with Crippen LogP contribution in [-0.4, -0.2) is 18.6 Å². The molecule has 0 bridgehead atoms. The zero-order valence-corrected chi connectivity index (χ0v) is 14.1. The molecule has 2 aromatic rings. The van der Waals surface area contributed by atoms with Crippen molar-refractivity contribution in [3.63, 3.8) is 0 Å². The second kappa shape index (κ2) is 7.21. The second-order valence-corrected chi connectivity index (χ2v) is 5.70. The average Bonchev–Trinajstić information content (AvgIpc) is 2.78. The predicted molar refractivity (Wildman–Crippen MR) is 98.3 cm³/mol. The molecular weight excluding hydrogens is 316 g/mol. The molecule has 1 N–H and O–H groups in total. The standard InChI is InChI=1S/C20H20N2O3/c1-3-19(23)22-17-8-6-5-7-14(17)9-10-15-11-12-16(13-18(15)22)21-20(24)25-4-2/h3,5-8,11-13H,1,4,9-10H2,2H3,(H,21,24). The summed E-state index contributed by atoms with van der Waals surface area (Å²) in [6.45, 7) is 5.67. The summed E-state index contributed by atoms with van der Waals surface area (Å²) in [4.78, 5) is 25.9. The van der Waals surface area contributed by atoms with Crippen LogP contribution in [0.1, 0.15) is 18.1 Å². The van der Waals surface area contributed by atoms with Crippen LogP contribution in [0.3, 0.4) is 0 Å². The fourth-order valence-corrected chi connectivity index (χ4v) is 3.01. The molecule has 0 unspecified atom stereocenters. The molecule has 5 nitrogen and oxygen atoms in total. The minimum atomic E-state index is -0.516. The maximum atomic E-state index is 12.6. The van der Waals surface area contributed by atoms with Crippen molar-refractivity contribution in [3.05, 3.63) is 66.2 Å². The van der Waals surface area contributed by atoms with Gasteiger partial charge in [-0.1, -0.05) is 30.8 Å². The summed E-state index contributed by atoms with van der Waals surface area (Å²) in [6.07, 6.45) is 2.44. The zero-order chi connectivity index (χ0) is 17.8. The van der Waals surface area contributed by atoms with Crippen LogP contribution in [0.5, 0.6) is 0 Å². The van der Waals surface area contributed by atoms with Crippen LogP contribution in [0.25, 0.3) is 0 Å². The number of fused-ring (bicyclic) bond motifs is 2. The van der Waals surface area contributed by atoms with Gasteiger partial charge in [0.15, 0.2) is 0 Å². The lowest BCUT2D eigenvalue weighted by molar-refractivity contribution is -0.113. The molecule has 0 atom stereocenters. The minimum absolute atomic E-state index is 0.205. The predicted octanol–water partition coefficient (Wildman–Crippen LogP) is 4.20. The summed E-state index contributed by atoms with van der Waals surface area (Å²) in [7, 11) is 0. The Kier molecular flexibility index (Phi) is 4.84. The van der Waals surface area contributed by atoms with E-state index in [9.17, 15) is 9.59 Å². The Morgan fingerprint density at radius 3 is 2.60 bits per heavy atom. The number of nitrogens with zero attached hydrogens (tertiary/aromatic N) is 1. The first kappa shape index (κ1) is 16.8. The number of anilines is 3. The number of amides is 2. The van der Waals surface area contributed by atoms with E-state index in [1.807, 2.05) is 36.4 Å². The molecule has 1 aliphatic rings. The molecule has 1 heterocycles. The number of hydrogen-bond acceptors (Lipinski definition) is 3. The van der Waals surface area contributed by atoms with E-state index >= 15 is 0 Å². The Morgan fingerprint density at radius 2 is 1.88 bits per heavy atom. The van der Waals surface area contributed by atoms with Crippen LogP contribution in [0.2, 0.25) is 0 Å². The lowest BCUT2D eigenvalue weighted by Crippen LogP contribution is -2.25. The highest BCUT2D eigenvalue weighted by Crippen LogP contribution is 2.37. The van der Waals surface area contributed by atoms with Gasteiger partial charge in [-0.2, -0.15) is 0 Å². The number of benzene rings is 2. The first-order valence-electron chi connectivity index (χ1n) is 8.25. The Balaban J connectivity index is 2.07. The molecule has 0 aromatic heterocycles. The number of carbonyl (C=O) groups excluding carboxylic acids is 2. The molecule has 0 aliphatic carbocycles. The fourth-order valence-electron chi connectivity index (χ4n) is 3.01. The summed E-state index contributed by atoms with van der Waals surface area (Å²) >= 11 is 0. The van der Waals surface area contributed by atoms with Crippen molar-refractivity contribution in [2.24, 2.45) is 0 Å². The number of carbonyl (C=O) groups is 2. The largest absolute Gasteiger partial charge is 0.450 e. The van der Waals surface area contributed by atoms with E-state index < -0.39 is 6.09 Å². The number of nitrogens with one attached hydrogen (secondary N) is 1. The Labute approximate surface area is 146 Å². The second-order valence-electron chi connectivity index (χ2n) is 5.70. The van der Waals surface area contributed by atoms with Crippen molar-refractivity contribution >= 4 is 29.1 Å². The first-order valence-corrected chi connectivity index (χ1v) is 8.25. The van der Waals surface area contributed by atoms with Gasteiger partial charge in [0.1, 0.15) is 0 Å². The van der Waals surface area contributed by atoms with E-state index in [0.29, 0.717) is 12.3 Å². The Bertz CT molecular complexity index is 829. The topological polar surface area (TPSA) is 58.6 Å². The third-order valence-corrected chi connectivity index (χ3v) is 4.14. The summed E-state index contributed by atoms with van der Waals surface area (Å²) in [5.41, 5.74) is 4.33. The molecule has 25 heavy (non-hydrogen) atoms. The van der Waals surface area contributed by atoms with Gasteiger partial charge >= 0.3 is 6.09 Å². The Hall–Kier alpha value is -3.08. The molecule has 0 saturated carbocycles. The SMILES string of the molecule is C=CC(=O)N1c2ccccc2CCc2ccc(NC(=O)OCC)cc21. The van der Waals surface area contributed by atoms with Gasteiger partial charge in [0.05, 0.1) is 18.0 Å². The van der Waals surface area contributed by atoms with Gasteiger partial charge in [-0.15, -0.1) is 0 Å². The van der Waals surface area contributed by atoms with E-state index in [1.165, 1.54) is 6.08 Å². The number of aryl methyl sites for hydroxylation is 2. The molecule has 0 fully saturated rings. The molecule has 2 aromatic carbocycles. The number of hydrogen-bond donors (Lipinski definition) is 1. The van der Waals surface area contributed by atoms with Gasteiger partial charge in [-0.25, -0.2) is 4.79 Å². The van der Waals surface area contributed by atoms with Gasteiger partial charge in [0.25, 0.3) is 5.91 Å². The van der Waals surface area contributed by atoms with Crippen molar-refractivity contribution in [1.29, 1.82) is 0 Å². The number of ether oxygens (including phenoxy) is 1. The molecule has 0 radical (unpaired) electrons. The van der Waals surface area contributed by atoms with Crippen LogP contribution < -0.4 is 10.2 Å². The quantitative estimate of drug-likeness (QED) is 0.855. The molecule has 1 aliphatic heterocycles. The van der Waals surface area contributed by atoms with Crippen LogP contribution in [0.4, 0.5) is 21.9 Å².